The molecule has 4 nitrogen and oxygen atoms in total. The van der Waals surface area contributed by atoms with E-state index >= 15 is 0 Å². The summed E-state index contributed by atoms with van der Waals surface area (Å²) in [5.41, 5.74) is 7.08. The fourth-order valence-corrected chi connectivity index (χ4v) is 4.45. The van der Waals surface area contributed by atoms with Crippen molar-refractivity contribution in [2.24, 2.45) is 5.73 Å². The highest BCUT2D eigenvalue weighted by Gasteiger charge is 2.33. The van der Waals surface area contributed by atoms with E-state index < -0.39 is 10.0 Å². The van der Waals surface area contributed by atoms with Gasteiger partial charge in [-0.3, -0.25) is 0 Å². The van der Waals surface area contributed by atoms with Gasteiger partial charge in [-0.05, 0) is 43.9 Å². The van der Waals surface area contributed by atoms with Gasteiger partial charge < -0.3 is 5.73 Å². The molecule has 0 saturated carbocycles. The molecule has 1 heterocycles. The first-order chi connectivity index (χ1) is 9.45. The van der Waals surface area contributed by atoms with Gasteiger partial charge in [0.05, 0.1) is 4.90 Å². The highest BCUT2D eigenvalue weighted by Crippen LogP contribution is 2.25. The molecule has 0 spiro atoms. The summed E-state index contributed by atoms with van der Waals surface area (Å²) in [6, 6.07) is 7.36. The highest BCUT2D eigenvalue weighted by atomic mass is 32.2. The number of benzene rings is 1. The lowest BCUT2D eigenvalue weighted by atomic mass is 10.0. The second kappa shape index (κ2) is 6.24. The molecule has 5 heteroatoms. The molecule has 0 aliphatic carbocycles. The molecule has 1 aromatic carbocycles. The topological polar surface area (TPSA) is 63.4 Å². The average Bonchev–Trinajstić information content (AvgIpc) is 2.39. The largest absolute Gasteiger partial charge is 0.328 e. The molecule has 2 rings (SSSR count). The molecule has 1 fully saturated rings. The van der Waals surface area contributed by atoms with E-state index in [1.807, 2.05) is 19.1 Å². The van der Waals surface area contributed by atoms with Gasteiger partial charge in [0, 0.05) is 18.6 Å². The van der Waals surface area contributed by atoms with Crippen molar-refractivity contribution in [3.8, 4) is 0 Å². The Hall–Kier alpha value is -0.910. The zero-order valence-corrected chi connectivity index (χ0v) is 13.1. The van der Waals surface area contributed by atoms with Gasteiger partial charge in [0.15, 0.2) is 0 Å². The Morgan fingerprint density at radius 3 is 2.50 bits per heavy atom. The molecule has 1 aliphatic rings. The fourth-order valence-electron chi connectivity index (χ4n) is 2.80. The maximum absolute atomic E-state index is 12.7. The molecule has 1 aromatic rings. The molecule has 0 amide bonds. The number of hydrogen-bond donors (Lipinski definition) is 1. The predicted octanol–water partition coefficient (Wildman–Crippen LogP) is 2.14. The van der Waals surface area contributed by atoms with E-state index in [-0.39, 0.29) is 12.1 Å². The first-order valence-corrected chi connectivity index (χ1v) is 8.75. The molecule has 112 valence electrons. The van der Waals surface area contributed by atoms with Crippen LogP contribution in [0.2, 0.25) is 0 Å². The van der Waals surface area contributed by atoms with Gasteiger partial charge in [-0.2, -0.15) is 4.31 Å². The van der Waals surface area contributed by atoms with Gasteiger partial charge in [0.25, 0.3) is 0 Å². The van der Waals surface area contributed by atoms with Gasteiger partial charge in [0.1, 0.15) is 0 Å². The van der Waals surface area contributed by atoms with E-state index in [0.29, 0.717) is 11.4 Å². The number of sulfonamides is 1. The molecule has 20 heavy (non-hydrogen) atoms. The van der Waals surface area contributed by atoms with Gasteiger partial charge >= 0.3 is 0 Å². The zero-order chi connectivity index (χ0) is 14.8. The zero-order valence-electron chi connectivity index (χ0n) is 12.2. The number of nitrogens with zero attached hydrogens (tertiary/aromatic N) is 1. The van der Waals surface area contributed by atoms with Crippen LogP contribution in [0.25, 0.3) is 0 Å². The Morgan fingerprint density at radius 1 is 1.30 bits per heavy atom. The van der Waals surface area contributed by atoms with E-state index in [1.165, 1.54) is 5.56 Å². The van der Waals surface area contributed by atoms with Crippen molar-refractivity contribution in [1.82, 2.24) is 4.31 Å². The van der Waals surface area contributed by atoms with Crippen LogP contribution in [-0.4, -0.2) is 31.4 Å². The van der Waals surface area contributed by atoms with Gasteiger partial charge in [-0.1, -0.05) is 25.5 Å². The Balaban J connectivity index is 2.21. The van der Waals surface area contributed by atoms with Crippen LogP contribution in [-0.2, 0) is 16.4 Å². The summed E-state index contributed by atoms with van der Waals surface area (Å²) in [7, 11) is -3.39. The van der Waals surface area contributed by atoms with Crippen LogP contribution >= 0.6 is 0 Å². The molecule has 1 aliphatic heterocycles. The molecule has 0 unspecified atom stereocenters. The quantitative estimate of drug-likeness (QED) is 0.926. The van der Waals surface area contributed by atoms with Crippen molar-refractivity contribution in [3.63, 3.8) is 0 Å². The van der Waals surface area contributed by atoms with Crippen molar-refractivity contribution in [1.29, 1.82) is 0 Å². The van der Waals surface area contributed by atoms with Crippen molar-refractivity contribution in [2.75, 3.05) is 6.54 Å². The van der Waals surface area contributed by atoms with Gasteiger partial charge in [-0.25, -0.2) is 8.42 Å². The second-order valence-electron chi connectivity index (χ2n) is 5.64. The maximum atomic E-state index is 12.7. The minimum atomic E-state index is -3.39. The first kappa shape index (κ1) is 15.5. The molecular weight excluding hydrogens is 272 g/mol. The third-order valence-corrected chi connectivity index (χ3v) is 5.95. The number of nitrogens with two attached hydrogens (primary N) is 1. The minimum absolute atomic E-state index is 0.0286. The Kier molecular flexibility index (Phi) is 4.83. The van der Waals surface area contributed by atoms with E-state index in [0.717, 1.165) is 25.7 Å². The van der Waals surface area contributed by atoms with Crippen LogP contribution < -0.4 is 5.73 Å². The van der Waals surface area contributed by atoms with E-state index in [4.69, 9.17) is 5.73 Å². The lowest BCUT2D eigenvalue weighted by Crippen LogP contribution is -2.48. The summed E-state index contributed by atoms with van der Waals surface area (Å²) in [5, 5.41) is 0. The molecule has 0 bridgehead atoms. The molecule has 2 atom stereocenters. The minimum Gasteiger partial charge on any atom is -0.328 e. The van der Waals surface area contributed by atoms with Crippen molar-refractivity contribution in [3.05, 3.63) is 29.8 Å². The molecule has 0 aromatic heterocycles. The number of hydrogen-bond acceptors (Lipinski definition) is 3. The third-order valence-electron chi connectivity index (χ3n) is 3.92. The van der Waals surface area contributed by atoms with Crippen molar-refractivity contribution >= 4 is 10.0 Å². The highest BCUT2D eigenvalue weighted by molar-refractivity contribution is 7.89. The van der Waals surface area contributed by atoms with Crippen LogP contribution in [0.5, 0.6) is 0 Å². The SMILES string of the molecule is CCCc1ccc(S(=O)(=O)N2CC[C@H](N)C[C@@H]2C)cc1. The molecular formula is C15H24N2O2S. The average molecular weight is 296 g/mol. The Bertz CT molecular complexity index is 539. The van der Waals surface area contributed by atoms with E-state index in [1.54, 1.807) is 16.4 Å². The summed E-state index contributed by atoms with van der Waals surface area (Å²) in [4.78, 5) is 0.389. The van der Waals surface area contributed by atoms with Crippen LogP contribution in [0.4, 0.5) is 0 Å². The first-order valence-electron chi connectivity index (χ1n) is 7.31. The second-order valence-corrected chi connectivity index (χ2v) is 7.53. The van der Waals surface area contributed by atoms with Crippen molar-refractivity contribution < 1.29 is 8.42 Å². The van der Waals surface area contributed by atoms with Crippen LogP contribution in [0, 0.1) is 0 Å². The molecule has 1 saturated heterocycles. The Morgan fingerprint density at radius 2 is 1.95 bits per heavy atom. The predicted molar refractivity (Wildman–Crippen MR) is 81.0 cm³/mol. The normalized spacial score (nSPS) is 24.8. The summed E-state index contributed by atoms with van der Waals surface area (Å²) in [5.74, 6) is 0. The standard InChI is InChI=1S/C15H24N2O2S/c1-3-4-13-5-7-15(8-6-13)20(18,19)17-10-9-14(16)11-12(17)2/h5-8,12,14H,3-4,9-11,16H2,1-2H3/t12-,14-/m0/s1. The van der Waals surface area contributed by atoms with Gasteiger partial charge in [-0.15, -0.1) is 0 Å². The molecule has 0 radical (unpaired) electrons. The van der Waals surface area contributed by atoms with E-state index in [9.17, 15) is 8.42 Å². The molecule has 2 N–H and O–H groups in total. The van der Waals surface area contributed by atoms with Crippen LogP contribution in [0.3, 0.4) is 0 Å². The summed E-state index contributed by atoms with van der Waals surface area (Å²) in [6.07, 6.45) is 3.51. The Labute approximate surface area is 122 Å². The monoisotopic (exact) mass is 296 g/mol. The van der Waals surface area contributed by atoms with Crippen molar-refractivity contribution in [2.45, 2.75) is 56.5 Å². The summed E-state index contributed by atoms with van der Waals surface area (Å²) >= 11 is 0. The van der Waals surface area contributed by atoms with Gasteiger partial charge in [0.2, 0.25) is 10.0 Å². The third kappa shape index (κ3) is 3.22. The van der Waals surface area contributed by atoms with Crippen LogP contribution in [0.1, 0.15) is 38.7 Å². The number of piperidine rings is 1. The van der Waals surface area contributed by atoms with Crippen LogP contribution in [0.15, 0.2) is 29.2 Å². The lowest BCUT2D eigenvalue weighted by Gasteiger charge is -2.35. The number of rotatable bonds is 4. The number of aryl methyl sites for hydroxylation is 1. The maximum Gasteiger partial charge on any atom is 0.243 e. The lowest BCUT2D eigenvalue weighted by molar-refractivity contribution is 0.247. The fraction of sp³-hybridized carbons (Fsp3) is 0.600. The smallest absolute Gasteiger partial charge is 0.243 e. The van der Waals surface area contributed by atoms with E-state index in [2.05, 4.69) is 6.92 Å². The summed E-state index contributed by atoms with van der Waals surface area (Å²) < 4.78 is 26.9. The summed E-state index contributed by atoms with van der Waals surface area (Å²) in [6.45, 7) is 4.56.